The second-order valence-electron chi connectivity index (χ2n) is 5.63. The van der Waals surface area contributed by atoms with Crippen LogP contribution >= 0.6 is 0 Å². The number of hydrogen-bond acceptors (Lipinski definition) is 4. The molecule has 1 aliphatic rings. The third-order valence-corrected chi connectivity index (χ3v) is 5.78. The van der Waals surface area contributed by atoms with E-state index in [0.717, 1.165) is 12.8 Å². The maximum atomic E-state index is 12.8. The van der Waals surface area contributed by atoms with Crippen LogP contribution in [0.1, 0.15) is 33.1 Å². The lowest BCUT2D eigenvalue weighted by Gasteiger charge is -2.36. The highest BCUT2D eigenvalue weighted by molar-refractivity contribution is 7.89. The molecule has 0 aromatic heterocycles. The number of carbonyl (C=O) groups excluding carboxylic acids is 1. The first-order chi connectivity index (χ1) is 10.3. The van der Waals surface area contributed by atoms with Crippen molar-refractivity contribution in [3.05, 3.63) is 24.3 Å². The van der Waals surface area contributed by atoms with Crippen LogP contribution in [0.4, 0.5) is 5.69 Å². The molecule has 0 radical (unpaired) electrons. The van der Waals surface area contributed by atoms with Crippen LogP contribution in [-0.4, -0.2) is 42.4 Å². The van der Waals surface area contributed by atoms with Crippen molar-refractivity contribution in [2.75, 3.05) is 11.9 Å². The first kappa shape index (κ1) is 16.9. The molecule has 1 heterocycles. The molecule has 2 N–H and O–H groups in total. The molecule has 6 nitrogen and oxygen atoms in total. The van der Waals surface area contributed by atoms with E-state index < -0.39 is 16.1 Å². The lowest BCUT2D eigenvalue weighted by atomic mass is 10.0. The quantitative estimate of drug-likeness (QED) is 0.879. The van der Waals surface area contributed by atoms with Crippen molar-refractivity contribution in [3.63, 3.8) is 0 Å². The van der Waals surface area contributed by atoms with Crippen molar-refractivity contribution in [1.29, 1.82) is 0 Å². The highest BCUT2D eigenvalue weighted by Gasteiger charge is 2.35. The van der Waals surface area contributed by atoms with E-state index in [9.17, 15) is 18.3 Å². The Kier molecular flexibility index (Phi) is 5.20. The monoisotopic (exact) mass is 326 g/mol. The maximum absolute atomic E-state index is 12.8. The summed E-state index contributed by atoms with van der Waals surface area (Å²) in [4.78, 5) is 11.2. The highest BCUT2D eigenvalue weighted by atomic mass is 32.2. The Labute approximate surface area is 131 Å². The Hall–Kier alpha value is -1.44. The zero-order chi connectivity index (χ0) is 16.3. The number of amides is 1. The van der Waals surface area contributed by atoms with Gasteiger partial charge in [0.25, 0.3) is 0 Å². The van der Waals surface area contributed by atoms with Crippen molar-refractivity contribution in [2.45, 2.75) is 50.2 Å². The van der Waals surface area contributed by atoms with Crippen LogP contribution < -0.4 is 5.32 Å². The van der Waals surface area contributed by atoms with Crippen molar-refractivity contribution in [2.24, 2.45) is 0 Å². The van der Waals surface area contributed by atoms with Gasteiger partial charge in [0.05, 0.1) is 17.0 Å². The van der Waals surface area contributed by atoms with Gasteiger partial charge in [0.15, 0.2) is 0 Å². The number of benzene rings is 1. The van der Waals surface area contributed by atoms with Gasteiger partial charge in [-0.2, -0.15) is 4.31 Å². The molecule has 1 aromatic rings. The number of piperidine rings is 1. The minimum absolute atomic E-state index is 0.175. The molecule has 7 heteroatoms. The third-order valence-electron chi connectivity index (χ3n) is 3.84. The lowest BCUT2D eigenvalue weighted by molar-refractivity contribution is -0.114. The first-order valence-electron chi connectivity index (χ1n) is 7.40. The Balaban J connectivity index is 2.26. The summed E-state index contributed by atoms with van der Waals surface area (Å²) in [5, 5.41) is 12.5. The normalized spacial score (nSPS) is 21.3. The number of rotatable bonds is 4. The Morgan fingerprint density at radius 3 is 2.50 bits per heavy atom. The topological polar surface area (TPSA) is 86.7 Å². The predicted octanol–water partition coefficient (Wildman–Crippen LogP) is 1.57. The predicted molar refractivity (Wildman–Crippen MR) is 84.0 cm³/mol. The Morgan fingerprint density at radius 2 is 1.95 bits per heavy atom. The van der Waals surface area contributed by atoms with Gasteiger partial charge in [-0.25, -0.2) is 8.42 Å². The number of nitrogens with zero attached hydrogens (tertiary/aromatic N) is 1. The molecule has 1 amide bonds. The van der Waals surface area contributed by atoms with E-state index in [-0.39, 0.29) is 16.8 Å². The summed E-state index contributed by atoms with van der Waals surface area (Å²) in [6, 6.07) is 5.71. The number of nitrogens with one attached hydrogen (secondary N) is 1. The Bertz CT molecular complexity index is 625. The van der Waals surface area contributed by atoms with Crippen LogP contribution in [0.15, 0.2) is 29.2 Å². The highest BCUT2D eigenvalue weighted by Crippen LogP contribution is 2.27. The summed E-state index contributed by atoms with van der Waals surface area (Å²) < 4.78 is 26.9. The molecule has 1 aromatic carbocycles. The molecule has 0 spiro atoms. The second-order valence-corrected chi connectivity index (χ2v) is 7.52. The van der Waals surface area contributed by atoms with Gasteiger partial charge in [-0.3, -0.25) is 4.79 Å². The number of aliphatic hydroxyl groups is 1. The van der Waals surface area contributed by atoms with Crippen LogP contribution in [0.25, 0.3) is 0 Å². The lowest BCUT2D eigenvalue weighted by Crippen LogP contribution is -2.48. The van der Waals surface area contributed by atoms with Gasteiger partial charge in [-0.15, -0.1) is 0 Å². The smallest absolute Gasteiger partial charge is 0.243 e. The Morgan fingerprint density at radius 1 is 1.32 bits per heavy atom. The van der Waals surface area contributed by atoms with Gasteiger partial charge in [0.1, 0.15) is 0 Å². The van der Waals surface area contributed by atoms with Crippen molar-refractivity contribution in [3.8, 4) is 0 Å². The van der Waals surface area contributed by atoms with Gasteiger partial charge in [0, 0.05) is 19.2 Å². The van der Waals surface area contributed by atoms with Crippen LogP contribution in [0.2, 0.25) is 0 Å². The standard InChI is InChI=1S/C15H22N2O4S/c1-11(18)15-5-3-4-10-17(15)22(20,21)14-8-6-13(7-9-14)16-12(2)19/h6-9,11,15,18H,3-5,10H2,1-2H3,(H,16,19)/t11-,15+/m1/s1. The summed E-state index contributed by atoms with van der Waals surface area (Å²) >= 11 is 0. The molecule has 2 atom stereocenters. The van der Waals surface area contributed by atoms with Crippen molar-refractivity contribution < 1.29 is 18.3 Å². The molecule has 122 valence electrons. The number of hydrogen-bond donors (Lipinski definition) is 2. The van der Waals surface area contributed by atoms with E-state index in [2.05, 4.69) is 5.32 Å². The molecule has 2 rings (SSSR count). The van der Waals surface area contributed by atoms with E-state index in [0.29, 0.717) is 18.7 Å². The zero-order valence-corrected chi connectivity index (χ0v) is 13.6. The molecule has 0 saturated carbocycles. The average molecular weight is 326 g/mol. The fraction of sp³-hybridized carbons (Fsp3) is 0.533. The van der Waals surface area contributed by atoms with E-state index >= 15 is 0 Å². The van der Waals surface area contributed by atoms with Crippen LogP contribution in [0, 0.1) is 0 Å². The summed E-state index contributed by atoms with van der Waals surface area (Å²) in [5.41, 5.74) is 0.553. The minimum atomic E-state index is -3.64. The van der Waals surface area contributed by atoms with Gasteiger partial charge < -0.3 is 10.4 Å². The summed E-state index contributed by atoms with van der Waals surface area (Å²) in [6.45, 7) is 3.44. The van der Waals surface area contributed by atoms with Gasteiger partial charge in [-0.1, -0.05) is 6.42 Å². The average Bonchev–Trinajstić information content (AvgIpc) is 2.47. The van der Waals surface area contributed by atoms with Crippen LogP contribution in [0.5, 0.6) is 0 Å². The molecular weight excluding hydrogens is 304 g/mol. The van der Waals surface area contributed by atoms with Crippen LogP contribution in [-0.2, 0) is 14.8 Å². The second kappa shape index (κ2) is 6.76. The number of carbonyl (C=O) groups is 1. The van der Waals surface area contributed by atoms with Gasteiger partial charge >= 0.3 is 0 Å². The minimum Gasteiger partial charge on any atom is -0.392 e. The van der Waals surface area contributed by atoms with Crippen molar-refractivity contribution in [1.82, 2.24) is 4.31 Å². The van der Waals surface area contributed by atoms with E-state index in [4.69, 9.17) is 0 Å². The van der Waals surface area contributed by atoms with Crippen LogP contribution in [0.3, 0.4) is 0 Å². The molecule has 1 saturated heterocycles. The fourth-order valence-electron chi connectivity index (χ4n) is 2.76. The molecule has 22 heavy (non-hydrogen) atoms. The molecule has 0 unspecified atom stereocenters. The van der Waals surface area contributed by atoms with E-state index in [1.807, 2.05) is 0 Å². The largest absolute Gasteiger partial charge is 0.392 e. The molecular formula is C15H22N2O4S. The fourth-order valence-corrected chi connectivity index (χ4v) is 4.52. The maximum Gasteiger partial charge on any atom is 0.243 e. The number of aliphatic hydroxyl groups excluding tert-OH is 1. The molecule has 1 aliphatic heterocycles. The SMILES string of the molecule is CC(=O)Nc1ccc(S(=O)(=O)N2CCCC[C@H]2[C@@H](C)O)cc1. The summed E-state index contributed by atoms with van der Waals surface area (Å²) in [5.74, 6) is -0.208. The zero-order valence-electron chi connectivity index (χ0n) is 12.8. The molecule has 1 fully saturated rings. The number of anilines is 1. The van der Waals surface area contributed by atoms with Gasteiger partial charge in [0.2, 0.25) is 15.9 Å². The third kappa shape index (κ3) is 3.66. The summed E-state index contributed by atoms with van der Waals surface area (Å²) in [7, 11) is -3.64. The summed E-state index contributed by atoms with van der Waals surface area (Å²) in [6.07, 6.45) is 1.69. The first-order valence-corrected chi connectivity index (χ1v) is 8.84. The molecule has 0 aliphatic carbocycles. The molecule has 0 bridgehead atoms. The van der Waals surface area contributed by atoms with E-state index in [1.54, 1.807) is 19.1 Å². The van der Waals surface area contributed by atoms with Crippen molar-refractivity contribution >= 4 is 21.6 Å². The number of sulfonamides is 1. The van der Waals surface area contributed by atoms with E-state index in [1.165, 1.54) is 23.4 Å². The van der Waals surface area contributed by atoms with Gasteiger partial charge in [-0.05, 0) is 44.0 Å².